The molecule has 2 aromatic rings. The Morgan fingerprint density at radius 3 is 2.55 bits per heavy atom. The highest BCUT2D eigenvalue weighted by Crippen LogP contribution is 2.28. The van der Waals surface area contributed by atoms with Gasteiger partial charge in [-0.05, 0) is 24.6 Å². The number of nitrogens with one attached hydrogen (secondary N) is 1. The van der Waals surface area contributed by atoms with Crippen LogP contribution >= 0.6 is 0 Å². The molecule has 29 heavy (non-hydrogen) atoms. The van der Waals surface area contributed by atoms with E-state index in [4.69, 9.17) is 9.47 Å². The summed E-state index contributed by atoms with van der Waals surface area (Å²) in [5, 5.41) is 14.3. The molecule has 0 aromatic heterocycles. The molecule has 1 aliphatic rings. The zero-order chi connectivity index (χ0) is 20.8. The minimum absolute atomic E-state index is 0.120. The summed E-state index contributed by atoms with van der Waals surface area (Å²) in [5.74, 6) is -0.246. The van der Waals surface area contributed by atoms with E-state index in [-0.39, 0.29) is 28.9 Å². The maximum Gasteiger partial charge on any atom is 0.311 e. The number of morpholine rings is 1. The molecule has 0 saturated carbocycles. The Morgan fingerprint density at radius 2 is 1.93 bits per heavy atom. The second-order valence-corrected chi connectivity index (χ2v) is 6.99. The quantitative estimate of drug-likeness (QED) is 0.568. The average molecular weight is 399 g/mol. The molecule has 8 nitrogen and oxygen atoms in total. The molecule has 1 aliphatic heterocycles. The number of benzene rings is 2. The fourth-order valence-corrected chi connectivity index (χ4v) is 3.29. The van der Waals surface area contributed by atoms with Crippen LogP contribution in [0.1, 0.15) is 27.5 Å². The second kappa shape index (κ2) is 9.49. The van der Waals surface area contributed by atoms with Crippen molar-refractivity contribution in [1.29, 1.82) is 0 Å². The van der Waals surface area contributed by atoms with Crippen molar-refractivity contribution in [2.45, 2.75) is 13.0 Å². The van der Waals surface area contributed by atoms with Gasteiger partial charge in [-0.2, -0.15) is 0 Å². The molecule has 1 saturated heterocycles. The Hall–Kier alpha value is -2.97. The first-order chi connectivity index (χ1) is 14.0. The fourth-order valence-electron chi connectivity index (χ4n) is 3.29. The van der Waals surface area contributed by atoms with E-state index in [0.717, 1.165) is 24.2 Å². The van der Waals surface area contributed by atoms with Crippen molar-refractivity contribution in [2.75, 3.05) is 40.0 Å². The standard InChI is InChI=1S/C21H25N3O5/c1-15-3-5-16(6-4-15)18(14-23-9-11-29-12-10-23)22-21(25)17-7-8-20(28-2)19(13-17)24(26)27/h3-8,13,18H,9-12,14H2,1-2H3,(H,22,25). The Morgan fingerprint density at radius 1 is 1.24 bits per heavy atom. The zero-order valence-electron chi connectivity index (χ0n) is 16.6. The van der Waals surface area contributed by atoms with Crippen molar-refractivity contribution < 1.29 is 19.2 Å². The molecule has 1 atom stereocenters. The lowest BCUT2D eigenvalue weighted by Gasteiger charge is -2.31. The smallest absolute Gasteiger partial charge is 0.311 e. The number of rotatable bonds is 7. The van der Waals surface area contributed by atoms with Crippen molar-refractivity contribution in [3.8, 4) is 5.75 Å². The molecular weight excluding hydrogens is 374 g/mol. The van der Waals surface area contributed by atoms with Gasteiger partial charge in [-0.15, -0.1) is 0 Å². The van der Waals surface area contributed by atoms with Crippen molar-refractivity contribution >= 4 is 11.6 Å². The number of carbonyl (C=O) groups excluding carboxylic acids is 1. The van der Waals surface area contributed by atoms with Gasteiger partial charge < -0.3 is 14.8 Å². The van der Waals surface area contributed by atoms with E-state index in [9.17, 15) is 14.9 Å². The number of amides is 1. The summed E-state index contributed by atoms with van der Waals surface area (Å²) in [6.07, 6.45) is 0. The van der Waals surface area contributed by atoms with Crippen LogP contribution in [0.4, 0.5) is 5.69 Å². The van der Waals surface area contributed by atoms with Gasteiger partial charge in [0, 0.05) is 31.3 Å². The number of hydrogen-bond acceptors (Lipinski definition) is 6. The van der Waals surface area contributed by atoms with Crippen molar-refractivity contribution in [3.63, 3.8) is 0 Å². The highest BCUT2D eigenvalue weighted by atomic mass is 16.6. The molecule has 3 rings (SSSR count). The van der Waals surface area contributed by atoms with Gasteiger partial charge in [0.2, 0.25) is 0 Å². The summed E-state index contributed by atoms with van der Waals surface area (Å²) in [4.78, 5) is 25.8. The highest BCUT2D eigenvalue weighted by Gasteiger charge is 2.23. The zero-order valence-corrected chi connectivity index (χ0v) is 16.6. The topological polar surface area (TPSA) is 93.9 Å². The summed E-state index contributed by atoms with van der Waals surface area (Å²) in [6.45, 7) is 5.57. The molecule has 1 N–H and O–H groups in total. The van der Waals surface area contributed by atoms with Crippen molar-refractivity contribution in [2.24, 2.45) is 0 Å². The number of methoxy groups -OCH3 is 1. The number of nitrogens with zero attached hydrogens (tertiary/aromatic N) is 2. The van der Waals surface area contributed by atoms with E-state index in [0.29, 0.717) is 19.8 Å². The number of aryl methyl sites for hydroxylation is 1. The largest absolute Gasteiger partial charge is 0.490 e. The van der Waals surface area contributed by atoms with E-state index < -0.39 is 4.92 Å². The van der Waals surface area contributed by atoms with Crippen LogP contribution < -0.4 is 10.1 Å². The maximum atomic E-state index is 12.9. The number of ether oxygens (including phenoxy) is 2. The van der Waals surface area contributed by atoms with E-state index >= 15 is 0 Å². The molecular formula is C21H25N3O5. The Kier molecular flexibility index (Phi) is 6.79. The molecule has 1 amide bonds. The van der Waals surface area contributed by atoms with Gasteiger partial charge in [0.15, 0.2) is 5.75 Å². The van der Waals surface area contributed by atoms with E-state index in [1.54, 1.807) is 0 Å². The number of hydrogen-bond donors (Lipinski definition) is 1. The van der Waals surface area contributed by atoms with Crippen LogP contribution in [0.15, 0.2) is 42.5 Å². The van der Waals surface area contributed by atoms with Crippen LogP contribution in [0.5, 0.6) is 5.75 Å². The summed E-state index contributed by atoms with van der Waals surface area (Å²) >= 11 is 0. The predicted octanol–water partition coefficient (Wildman–Crippen LogP) is 2.72. The first-order valence-electron chi connectivity index (χ1n) is 9.48. The van der Waals surface area contributed by atoms with Crippen LogP contribution in [0.3, 0.4) is 0 Å². The molecule has 0 radical (unpaired) electrons. The van der Waals surface area contributed by atoms with E-state index in [1.165, 1.54) is 25.3 Å². The van der Waals surface area contributed by atoms with Crippen molar-refractivity contribution in [1.82, 2.24) is 10.2 Å². The van der Waals surface area contributed by atoms with Gasteiger partial charge in [0.05, 0.1) is 31.3 Å². The third-order valence-corrected chi connectivity index (χ3v) is 4.97. The Balaban J connectivity index is 1.82. The van der Waals surface area contributed by atoms with Gasteiger partial charge in [0.25, 0.3) is 5.91 Å². The first-order valence-corrected chi connectivity index (χ1v) is 9.48. The molecule has 0 aliphatic carbocycles. The van der Waals surface area contributed by atoms with Gasteiger partial charge in [0.1, 0.15) is 0 Å². The van der Waals surface area contributed by atoms with E-state index in [2.05, 4.69) is 10.2 Å². The van der Waals surface area contributed by atoms with Gasteiger partial charge in [-0.25, -0.2) is 0 Å². The Labute approximate surface area is 169 Å². The first kappa shape index (κ1) is 20.8. The molecule has 0 spiro atoms. The van der Waals surface area contributed by atoms with Crippen LogP contribution in [0.2, 0.25) is 0 Å². The maximum absolute atomic E-state index is 12.9. The van der Waals surface area contributed by atoms with Gasteiger partial charge in [-0.1, -0.05) is 29.8 Å². The second-order valence-electron chi connectivity index (χ2n) is 6.99. The van der Waals surface area contributed by atoms with Crippen LogP contribution in [-0.2, 0) is 4.74 Å². The van der Waals surface area contributed by atoms with Gasteiger partial charge in [-0.3, -0.25) is 19.8 Å². The fraction of sp³-hybridized carbons (Fsp3) is 0.381. The third-order valence-electron chi connectivity index (χ3n) is 4.97. The molecule has 1 unspecified atom stereocenters. The summed E-state index contributed by atoms with van der Waals surface area (Å²) in [7, 11) is 1.36. The number of carbonyl (C=O) groups is 1. The molecule has 0 bridgehead atoms. The molecule has 1 fully saturated rings. The Bertz CT molecular complexity index is 863. The van der Waals surface area contributed by atoms with Gasteiger partial charge >= 0.3 is 5.69 Å². The average Bonchev–Trinajstić information content (AvgIpc) is 2.74. The summed E-state index contributed by atoms with van der Waals surface area (Å²) < 4.78 is 10.4. The lowest BCUT2D eigenvalue weighted by Crippen LogP contribution is -2.43. The number of nitro groups is 1. The SMILES string of the molecule is COc1ccc(C(=O)NC(CN2CCOCC2)c2ccc(C)cc2)cc1[N+](=O)[O-]. The van der Waals surface area contributed by atoms with Crippen LogP contribution in [0.25, 0.3) is 0 Å². The lowest BCUT2D eigenvalue weighted by molar-refractivity contribution is -0.385. The molecule has 154 valence electrons. The molecule has 1 heterocycles. The summed E-state index contributed by atoms with van der Waals surface area (Å²) in [6, 6.07) is 12.0. The predicted molar refractivity (Wildman–Crippen MR) is 108 cm³/mol. The third kappa shape index (κ3) is 5.30. The minimum atomic E-state index is -0.555. The highest BCUT2D eigenvalue weighted by molar-refractivity contribution is 5.95. The molecule has 2 aromatic carbocycles. The van der Waals surface area contributed by atoms with E-state index in [1.807, 2.05) is 31.2 Å². The molecule has 8 heteroatoms. The monoisotopic (exact) mass is 399 g/mol. The lowest BCUT2D eigenvalue weighted by atomic mass is 10.0. The normalized spacial score (nSPS) is 15.5. The van der Waals surface area contributed by atoms with Crippen LogP contribution in [-0.4, -0.2) is 55.7 Å². The van der Waals surface area contributed by atoms with Crippen LogP contribution in [0, 0.1) is 17.0 Å². The summed E-state index contributed by atoms with van der Waals surface area (Å²) in [5.41, 5.74) is 2.10. The van der Waals surface area contributed by atoms with Crippen molar-refractivity contribution in [3.05, 3.63) is 69.3 Å². The minimum Gasteiger partial charge on any atom is -0.490 e. The number of nitro benzene ring substituents is 1.